The second kappa shape index (κ2) is 6.38. The van der Waals surface area contributed by atoms with Gasteiger partial charge in [0, 0.05) is 22.9 Å². The van der Waals surface area contributed by atoms with Crippen LogP contribution < -0.4 is 11.1 Å². The fraction of sp³-hybridized carbons (Fsp3) is 0.143. The molecule has 4 N–H and O–H groups in total. The lowest BCUT2D eigenvalue weighted by Gasteiger charge is -2.10. The molecule has 104 valence electrons. The summed E-state index contributed by atoms with van der Waals surface area (Å²) in [7, 11) is 0. The molecule has 1 aromatic carbocycles. The minimum absolute atomic E-state index is 0.00618. The predicted molar refractivity (Wildman–Crippen MR) is 83.0 cm³/mol. The predicted octanol–water partition coefficient (Wildman–Crippen LogP) is 2.86. The molecule has 6 heteroatoms. The number of oxime groups is 1. The number of aromatic nitrogens is 1. The van der Waals surface area contributed by atoms with E-state index in [0.29, 0.717) is 12.2 Å². The van der Waals surface area contributed by atoms with Crippen LogP contribution >= 0.6 is 15.9 Å². The standard InChI is InChI=1S/C14H15BrN4O/c1-9-6-11(15)2-3-12(9)18-8-10-4-5-17-13(7-10)14(16)19-20/h2-7,18,20H,8H2,1H3,(H2,16,19). The maximum atomic E-state index is 8.65. The highest BCUT2D eigenvalue weighted by Gasteiger charge is 2.03. The molecule has 0 aliphatic carbocycles. The molecule has 0 saturated heterocycles. The van der Waals surface area contributed by atoms with E-state index in [1.807, 2.05) is 25.1 Å². The van der Waals surface area contributed by atoms with Crippen molar-refractivity contribution in [1.29, 1.82) is 0 Å². The highest BCUT2D eigenvalue weighted by Crippen LogP contribution is 2.20. The summed E-state index contributed by atoms with van der Waals surface area (Å²) in [6.45, 7) is 2.68. The summed E-state index contributed by atoms with van der Waals surface area (Å²) in [6.07, 6.45) is 1.64. The van der Waals surface area contributed by atoms with E-state index in [0.717, 1.165) is 21.3 Å². The first-order valence-corrected chi connectivity index (χ1v) is 6.82. The van der Waals surface area contributed by atoms with Crippen molar-refractivity contribution < 1.29 is 5.21 Å². The summed E-state index contributed by atoms with van der Waals surface area (Å²) in [4.78, 5) is 4.04. The highest BCUT2D eigenvalue weighted by molar-refractivity contribution is 9.10. The van der Waals surface area contributed by atoms with E-state index >= 15 is 0 Å². The number of aryl methyl sites for hydroxylation is 1. The number of nitrogens with zero attached hydrogens (tertiary/aromatic N) is 2. The van der Waals surface area contributed by atoms with Gasteiger partial charge in [-0.3, -0.25) is 4.98 Å². The average Bonchev–Trinajstić information content (AvgIpc) is 2.46. The second-order valence-corrected chi connectivity index (χ2v) is 5.26. The molecule has 0 spiro atoms. The van der Waals surface area contributed by atoms with Gasteiger partial charge in [0.05, 0.1) is 0 Å². The summed E-state index contributed by atoms with van der Waals surface area (Å²) < 4.78 is 1.05. The van der Waals surface area contributed by atoms with Gasteiger partial charge in [0.25, 0.3) is 0 Å². The lowest BCUT2D eigenvalue weighted by atomic mass is 10.2. The van der Waals surface area contributed by atoms with E-state index in [4.69, 9.17) is 10.9 Å². The van der Waals surface area contributed by atoms with Crippen LogP contribution in [0.4, 0.5) is 5.69 Å². The number of nitrogens with two attached hydrogens (primary N) is 1. The molecule has 0 radical (unpaired) electrons. The molecular weight excluding hydrogens is 320 g/mol. The average molecular weight is 335 g/mol. The van der Waals surface area contributed by atoms with E-state index in [9.17, 15) is 0 Å². The normalized spacial score (nSPS) is 11.4. The van der Waals surface area contributed by atoms with Crippen LogP contribution in [0.15, 0.2) is 46.2 Å². The number of hydrogen-bond donors (Lipinski definition) is 3. The van der Waals surface area contributed by atoms with Crippen LogP contribution in [-0.4, -0.2) is 16.0 Å². The van der Waals surface area contributed by atoms with Crippen molar-refractivity contribution in [3.05, 3.63) is 57.8 Å². The minimum Gasteiger partial charge on any atom is -0.409 e. The Balaban J connectivity index is 2.11. The second-order valence-electron chi connectivity index (χ2n) is 4.35. The van der Waals surface area contributed by atoms with Crippen LogP contribution in [0, 0.1) is 6.92 Å². The monoisotopic (exact) mass is 334 g/mol. The smallest absolute Gasteiger partial charge is 0.188 e. The van der Waals surface area contributed by atoms with Crippen molar-refractivity contribution in [2.75, 3.05) is 5.32 Å². The van der Waals surface area contributed by atoms with Gasteiger partial charge in [-0.25, -0.2) is 0 Å². The highest BCUT2D eigenvalue weighted by atomic mass is 79.9. The van der Waals surface area contributed by atoms with Gasteiger partial charge in [-0.2, -0.15) is 0 Å². The molecule has 0 bridgehead atoms. The molecule has 0 aliphatic heterocycles. The fourth-order valence-electron chi connectivity index (χ4n) is 1.80. The molecule has 5 nitrogen and oxygen atoms in total. The Labute approximate surface area is 125 Å². The number of pyridine rings is 1. The van der Waals surface area contributed by atoms with Gasteiger partial charge in [0.2, 0.25) is 0 Å². The SMILES string of the molecule is Cc1cc(Br)ccc1NCc1ccnc(C(N)=NO)c1. The molecule has 0 amide bonds. The first-order valence-electron chi connectivity index (χ1n) is 6.03. The molecular formula is C14H15BrN4O. The molecule has 1 heterocycles. The summed E-state index contributed by atoms with van der Waals surface area (Å²) in [5.74, 6) is 0.00618. The van der Waals surface area contributed by atoms with Crippen LogP contribution in [0.25, 0.3) is 0 Å². The van der Waals surface area contributed by atoms with Crippen LogP contribution in [0.3, 0.4) is 0 Å². The summed E-state index contributed by atoms with van der Waals surface area (Å²) >= 11 is 3.44. The number of benzene rings is 1. The molecule has 0 saturated carbocycles. The van der Waals surface area contributed by atoms with Gasteiger partial charge in [-0.1, -0.05) is 21.1 Å². The van der Waals surface area contributed by atoms with Crippen molar-refractivity contribution >= 4 is 27.5 Å². The Kier molecular flexibility index (Phi) is 4.57. The first kappa shape index (κ1) is 14.3. The number of nitrogens with one attached hydrogen (secondary N) is 1. The molecule has 20 heavy (non-hydrogen) atoms. The summed E-state index contributed by atoms with van der Waals surface area (Å²) in [5.41, 5.74) is 9.21. The Morgan fingerprint density at radius 1 is 1.40 bits per heavy atom. The van der Waals surface area contributed by atoms with Crippen molar-refractivity contribution in [1.82, 2.24) is 4.98 Å². The van der Waals surface area contributed by atoms with E-state index in [1.165, 1.54) is 0 Å². The quantitative estimate of drug-likeness (QED) is 0.347. The zero-order valence-corrected chi connectivity index (χ0v) is 12.6. The lowest BCUT2D eigenvalue weighted by molar-refractivity contribution is 0.318. The molecule has 0 fully saturated rings. The fourth-order valence-corrected chi connectivity index (χ4v) is 2.27. The summed E-state index contributed by atoms with van der Waals surface area (Å²) in [6, 6.07) is 9.73. The van der Waals surface area contributed by atoms with E-state index in [-0.39, 0.29) is 5.84 Å². The van der Waals surface area contributed by atoms with E-state index in [2.05, 4.69) is 37.5 Å². The Morgan fingerprint density at radius 2 is 2.20 bits per heavy atom. The topological polar surface area (TPSA) is 83.5 Å². The van der Waals surface area contributed by atoms with Gasteiger partial charge in [0.15, 0.2) is 5.84 Å². The van der Waals surface area contributed by atoms with Crippen LogP contribution in [-0.2, 0) is 6.54 Å². The molecule has 2 rings (SSSR count). The zero-order valence-electron chi connectivity index (χ0n) is 11.0. The molecule has 0 atom stereocenters. The van der Waals surface area contributed by atoms with Crippen LogP contribution in [0.1, 0.15) is 16.8 Å². The molecule has 2 aromatic rings. The maximum Gasteiger partial charge on any atom is 0.188 e. The Bertz CT molecular complexity index is 643. The third kappa shape index (κ3) is 3.48. The van der Waals surface area contributed by atoms with Crippen LogP contribution in [0.2, 0.25) is 0 Å². The van der Waals surface area contributed by atoms with Gasteiger partial charge < -0.3 is 16.3 Å². The van der Waals surface area contributed by atoms with Crippen molar-refractivity contribution in [3.63, 3.8) is 0 Å². The van der Waals surface area contributed by atoms with Gasteiger partial charge in [-0.15, -0.1) is 0 Å². The zero-order chi connectivity index (χ0) is 14.5. The summed E-state index contributed by atoms with van der Waals surface area (Å²) in [5, 5.41) is 14.9. The van der Waals surface area contributed by atoms with Gasteiger partial charge in [-0.05, 0) is 48.4 Å². The molecule has 0 unspecified atom stereocenters. The van der Waals surface area contributed by atoms with E-state index in [1.54, 1.807) is 12.3 Å². The number of amidine groups is 1. The number of anilines is 1. The number of hydrogen-bond acceptors (Lipinski definition) is 4. The third-order valence-corrected chi connectivity index (χ3v) is 3.36. The Morgan fingerprint density at radius 3 is 2.90 bits per heavy atom. The minimum atomic E-state index is 0.00618. The van der Waals surface area contributed by atoms with E-state index < -0.39 is 0 Å². The maximum absolute atomic E-state index is 8.65. The lowest BCUT2D eigenvalue weighted by Crippen LogP contribution is -2.15. The number of halogens is 1. The van der Waals surface area contributed by atoms with Crippen molar-refractivity contribution in [2.24, 2.45) is 10.9 Å². The first-order chi connectivity index (χ1) is 9.60. The van der Waals surface area contributed by atoms with Crippen molar-refractivity contribution in [3.8, 4) is 0 Å². The molecule has 0 aliphatic rings. The largest absolute Gasteiger partial charge is 0.409 e. The van der Waals surface area contributed by atoms with Gasteiger partial charge in [0.1, 0.15) is 5.69 Å². The van der Waals surface area contributed by atoms with Crippen LogP contribution in [0.5, 0.6) is 0 Å². The molecule has 1 aromatic heterocycles. The Hall–Kier alpha value is -2.08. The van der Waals surface area contributed by atoms with Gasteiger partial charge >= 0.3 is 0 Å². The third-order valence-electron chi connectivity index (χ3n) is 2.87. The number of rotatable bonds is 4. The van der Waals surface area contributed by atoms with Crippen molar-refractivity contribution in [2.45, 2.75) is 13.5 Å².